The first kappa shape index (κ1) is 18.3. The predicted octanol–water partition coefficient (Wildman–Crippen LogP) is 1.94. The molecule has 1 amide bonds. The fourth-order valence-corrected chi connectivity index (χ4v) is 4.95. The van der Waals surface area contributed by atoms with Crippen LogP contribution in [0.3, 0.4) is 0 Å². The van der Waals surface area contributed by atoms with Crippen LogP contribution < -0.4 is 10.2 Å². The summed E-state index contributed by atoms with van der Waals surface area (Å²) in [6.45, 7) is 0.00184. The van der Waals surface area contributed by atoms with E-state index in [4.69, 9.17) is 9.94 Å². The molecule has 3 rings (SSSR count). The summed E-state index contributed by atoms with van der Waals surface area (Å²) in [6.07, 6.45) is 0.152. The molecule has 2 aromatic carbocycles. The minimum absolute atomic E-state index is 0.00184. The van der Waals surface area contributed by atoms with Crippen molar-refractivity contribution in [3.8, 4) is 11.5 Å². The van der Waals surface area contributed by atoms with E-state index in [1.807, 2.05) is 6.07 Å². The fraction of sp³-hybridized carbons (Fsp3) is 0.235. The Kier molecular flexibility index (Phi) is 4.97. The van der Waals surface area contributed by atoms with Gasteiger partial charge >= 0.3 is 0 Å². The average Bonchev–Trinajstić information content (AvgIpc) is 3.05. The van der Waals surface area contributed by atoms with E-state index in [0.717, 1.165) is 0 Å². The van der Waals surface area contributed by atoms with Gasteiger partial charge in [0.15, 0.2) is 0 Å². The fourth-order valence-electron chi connectivity index (χ4n) is 3.00. The second kappa shape index (κ2) is 7.04. The highest BCUT2D eigenvalue weighted by Crippen LogP contribution is 2.38. The predicted molar refractivity (Wildman–Crippen MR) is 90.5 cm³/mol. The van der Waals surface area contributed by atoms with Crippen molar-refractivity contribution in [3.05, 3.63) is 54.6 Å². The van der Waals surface area contributed by atoms with Gasteiger partial charge in [-0.15, -0.1) is 0 Å². The molecule has 1 unspecified atom stereocenters. The van der Waals surface area contributed by atoms with Crippen LogP contribution in [0.1, 0.15) is 12.8 Å². The first-order chi connectivity index (χ1) is 12.4. The van der Waals surface area contributed by atoms with Crippen LogP contribution in [0.4, 0.5) is 0 Å². The number of hydrogen-bond donors (Lipinski definition) is 3. The molecule has 1 aliphatic heterocycles. The Morgan fingerprint density at radius 2 is 1.69 bits per heavy atom. The third-order valence-electron chi connectivity index (χ3n) is 4.32. The smallest absolute Gasteiger partial charge is 0.282 e. The largest absolute Gasteiger partial charge is 0.457 e. The molecule has 2 aromatic rings. The molecule has 8 nitrogen and oxygen atoms in total. The number of amides is 1. The summed E-state index contributed by atoms with van der Waals surface area (Å²) in [7, 11) is -4.30. The molecule has 0 saturated carbocycles. The van der Waals surface area contributed by atoms with Gasteiger partial charge in [-0.2, -0.15) is 5.06 Å². The topological polar surface area (TPSA) is 116 Å². The Morgan fingerprint density at radius 3 is 2.23 bits per heavy atom. The molecule has 1 saturated heterocycles. The van der Waals surface area contributed by atoms with Gasteiger partial charge in [-0.25, -0.2) is 13.9 Å². The lowest BCUT2D eigenvalue weighted by Crippen LogP contribution is -2.58. The van der Waals surface area contributed by atoms with Crippen molar-refractivity contribution in [3.63, 3.8) is 0 Å². The van der Waals surface area contributed by atoms with Gasteiger partial charge in [0, 0.05) is 6.54 Å². The summed E-state index contributed by atoms with van der Waals surface area (Å²) in [4.78, 5) is 9.68. The molecule has 138 valence electrons. The van der Waals surface area contributed by atoms with Crippen molar-refractivity contribution >= 4 is 15.7 Å². The zero-order valence-electron chi connectivity index (χ0n) is 13.7. The van der Waals surface area contributed by atoms with E-state index in [1.54, 1.807) is 24.3 Å². The number of hydroxylamine groups is 3. The molecule has 0 bridgehead atoms. The molecule has 1 heterocycles. The van der Waals surface area contributed by atoms with E-state index in [-0.39, 0.29) is 17.9 Å². The number of nitrogens with one attached hydrogen (secondary N) is 1. The Labute approximate surface area is 150 Å². The average molecular weight is 378 g/mol. The highest BCUT2D eigenvalue weighted by atomic mass is 32.2. The van der Waals surface area contributed by atoms with Crippen molar-refractivity contribution in [1.29, 1.82) is 0 Å². The van der Waals surface area contributed by atoms with Crippen molar-refractivity contribution in [2.45, 2.75) is 22.6 Å². The molecular weight excluding hydrogens is 360 g/mol. The van der Waals surface area contributed by atoms with Crippen molar-refractivity contribution in [2.75, 3.05) is 6.54 Å². The lowest BCUT2D eigenvalue weighted by Gasteiger charge is -2.31. The van der Waals surface area contributed by atoms with Crippen LogP contribution in [-0.4, -0.2) is 41.2 Å². The van der Waals surface area contributed by atoms with Gasteiger partial charge in [-0.1, -0.05) is 18.2 Å². The number of ether oxygens (including phenoxy) is 1. The van der Waals surface area contributed by atoms with E-state index >= 15 is 0 Å². The summed E-state index contributed by atoms with van der Waals surface area (Å²) >= 11 is 0. The molecule has 3 N–H and O–H groups in total. The molecule has 0 aromatic heterocycles. The zero-order valence-corrected chi connectivity index (χ0v) is 14.5. The van der Waals surface area contributed by atoms with Crippen LogP contribution in [-0.2, 0) is 14.6 Å². The molecule has 0 spiro atoms. The third-order valence-corrected chi connectivity index (χ3v) is 6.70. The van der Waals surface area contributed by atoms with Gasteiger partial charge in [-0.3, -0.25) is 10.0 Å². The summed E-state index contributed by atoms with van der Waals surface area (Å²) in [5.41, 5.74) is 1.35. The molecule has 0 radical (unpaired) electrons. The van der Waals surface area contributed by atoms with Crippen molar-refractivity contribution < 1.29 is 28.4 Å². The maximum absolute atomic E-state index is 13.0. The van der Waals surface area contributed by atoms with Crippen LogP contribution in [0.25, 0.3) is 0 Å². The second-order valence-corrected chi connectivity index (χ2v) is 8.00. The zero-order chi connectivity index (χ0) is 18.8. The lowest BCUT2D eigenvalue weighted by molar-refractivity contribution is -0.160. The van der Waals surface area contributed by atoms with Crippen LogP contribution in [0, 0.1) is 0 Å². The minimum atomic E-state index is -4.30. The maximum Gasteiger partial charge on any atom is 0.282 e. The first-order valence-electron chi connectivity index (χ1n) is 7.90. The number of rotatable bonds is 5. The van der Waals surface area contributed by atoms with Gasteiger partial charge in [-0.05, 0) is 49.2 Å². The van der Waals surface area contributed by atoms with Gasteiger partial charge < -0.3 is 9.94 Å². The van der Waals surface area contributed by atoms with Gasteiger partial charge in [0.25, 0.3) is 5.91 Å². The number of para-hydroxylation sites is 1. The first-order valence-corrected chi connectivity index (χ1v) is 9.39. The number of nitrogens with zero attached hydrogens (tertiary/aromatic N) is 1. The Balaban J connectivity index is 1.93. The summed E-state index contributed by atoms with van der Waals surface area (Å²) < 4.78 is 31.7. The monoisotopic (exact) mass is 378 g/mol. The van der Waals surface area contributed by atoms with Gasteiger partial charge in [0.05, 0.1) is 4.90 Å². The Bertz CT molecular complexity index is 885. The van der Waals surface area contributed by atoms with Crippen LogP contribution in [0.5, 0.6) is 11.5 Å². The maximum atomic E-state index is 13.0. The van der Waals surface area contributed by atoms with Crippen LogP contribution >= 0.6 is 0 Å². The summed E-state index contributed by atoms with van der Waals surface area (Å²) in [5.74, 6) is -0.179. The van der Waals surface area contributed by atoms with E-state index < -0.39 is 20.6 Å². The van der Waals surface area contributed by atoms with E-state index in [1.165, 1.54) is 29.7 Å². The number of carbonyl (C=O) groups excluding carboxylic acids is 1. The highest BCUT2D eigenvalue weighted by molar-refractivity contribution is 7.93. The van der Waals surface area contributed by atoms with Gasteiger partial charge in [0.1, 0.15) is 11.5 Å². The third kappa shape index (κ3) is 2.95. The highest BCUT2D eigenvalue weighted by Gasteiger charge is 2.58. The molecule has 1 atom stereocenters. The standard InChI is InChI=1S/C17H18N2O6S/c20-16(18-21)17(11-4-12-19(17)22)26(23,24)15-9-7-14(8-10-15)25-13-5-2-1-3-6-13/h1-3,5-10,21-22H,4,11-12H2,(H,18,20). The Hall–Kier alpha value is -2.46. The van der Waals surface area contributed by atoms with Crippen LogP contribution in [0.15, 0.2) is 59.5 Å². The SMILES string of the molecule is O=C(NO)C1(S(=O)(=O)c2ccc(Oc3ccccc3)cc2)CCCN1O. The summed E-state index contributed by atoms with van der Waals surface area (Å²) in [5, 5.41) is 19.5. The molecule has 0 aliphatic carbocycles. The van der Waals surface area contributed by atoms with Crippen molar-refractivity contribution in [2.24, 2.45) is 0 Å². The van der Waals surface area contributed by atoms with Crippen LogP contribution in [0.2, 0.25) is 0 Å². The Morgan fingerprint density at radius 1 is 1.08 bits per heavy atom. The van der Waals surface area contributed by atoms with E-state index in [2.05, 4.69) is 0 Å². The second-order valence-electron chi connectivity index (χ2n) is 5.84. The molecule has 26 heavy (non-hydrogen) atoms. The van der Waals surface area contributed by atoms with E-state index in [0.29, 0.717) is 23.0 Å². The molecule has 1 aliphatic rings. The quantitative estimate of drug-likeness (QED) is 0.538. The van der Waals surface area contributed by atoms with E-state index in [9.17, 15) is 18.4 Å². The molecular formula is C17H18N2O6S. The molecule has 9 heteroatoms. The lowest BCUT2D eigenvalue weighted by atomic mass is 10.2. The number of hydrogen-bond acceptors (Lipinski definition) is 7. The van der Waals surface area contributed by atoms with Crippen molar-refractivity contribution in [1.82, 2.24) is 10.5 Å². The number of carbonyl (C=O) groups is 1. The number of benzene rings is 2. The van der Waals surface area contributed by atoms with Gasteiger partial charge in [0.2, 0.25) is 14.7 Å². The normalized spacial score (nSPS) is 20.7. The number of sulfone groups is 1. The molecule has 1 fully saturated rings. The minimum Gasteiger partial charge on any atom is -0.457 e. The summed E-state index contributed by atoms with van der Waals surface area (Å²) in [6, 6.07) is 14.5.